The molecule has 3 heterocycles. The molecule has 0 bridgehead atoms. The van der Waals surface area contributed by atoms with Gasteiger partial charge in [0.1, 0.15) is 21.8 Å². The first-order chi connectivity index (χ1) is 13.1. The lowest BCUT2D eigenvalue weighted by Crippen LogP contribution is -2.34. The van der Waals surface area contributed by atoms with Gasteiger partial charge in [0.25, 0.3) is 5.56 Å². The Balaban J connectivity index is 1.64. The van der Waals surface area contributed by atoms with Crippen molar-refractivity contribution >= 4 is 38.9 Å². The highest BCUT2D eigenvalue weighted by Crippen LogP contribution is 2.21. The minimum atomic E-state index is -0.582. The monoisotopic (exact) mass is 400 g/mol. The van der Waals surface area contributed by atoms with E-state index < -0.39 is 17.2 Å². The Morgan fingerprint density at radius 1 is 1.22 bits per heavy atom. The summed E-state index contributed by atoms with van der Waals surface area (Å²) in [4.78, 5) is 40.5. The second-order valence-electron chi connectivity index (χ2n) is 5.57. The number of rotatable bonds is 5. The number of nitrogens with zero attached hydrogens (tertiary/aromatic N) is 3. The van der Waals surface area contributed by atoms with Crippen LogP contribution in [0, 0.1) is 0 Å². The highest BCUT2D eigenvalue weighted by atomic mass is 32.1. The molecule has 136 valence electrons. The molecule has 0 fully saturated rings. The fourth-order valence-electron chi connectivity index (χ4n) is 2.51. The van der Waals surface area contributed by atoms with Crippen molar-refractivity contribution in [2.75, 3.05) is 0 Å². The van der Waals surface area contributed by atoms with E-state index in [0.717, 1.165) is 21.5 Å². The summed E-state index contributed by atoms with van der Waals surface area (Å²) in [5, 5.41) is 8.31. The van der Waals surface area contributed by atoms with Crippen molar-refractivity contribution in [3.8, 4) is 0 Å². The summed E-state index contributed by atoms with van der Waals surface area (Å²) < 4.78 is 6.29. The molecule has 0 saturated carbocycles. The quantitative estimate of drug-likeness (QED) is 0.514. The zero-order chi connectivity index (χ0) is 18.8. The van der Waals surface area contributed by atoms with Gasteiger partial charge in [0.15, 0.2) is 5.01 Å². The zero-order valence-electron chi connectivity index (χ0n) is 13.7. The van der Waals surface area contributed by atoms with Crippen LogP contribution in [-0.4, -0.2) is 25.7 Å². The number of thiophene rings is 1. The number of nitrogens with one attached hydrogen (secondary N) is 1. The molecule has 0 radical (unpaired) electrons. The Morgan fingerprint density at radius 2 is 2.04 bits per heavy atom. The first kappa shape index (κ1) is 17.3. The maximum atomic E-state index is 12.7. The van der Waals surface area contributed by atoms with E-state index in [4.69, 9.17) is 4.74 Å². The number of esters is 1. The van der Waals surface area contributed by atoms with Crippen LogP contribution in [0.4, 0.5) is 0 Å². The van der Waals surface area contributed by atoms with E-state index in [1.54, 1.807) is 5.51 Å². The van der Waals surface area contributed by atoms with Gasteiger partial charge in [0.2, 0.25) is 0 Å². The molecule has 8 nitrogen and oxygen atoms in total. The SMILES string of the molecule is O=C(OCc1nncs1)c1cc2c(=O)n(Cc3ccccc3)c(=O)[nH]c2s1. The van der Waals surface area contributed by atoms with Crippen molar-refractivity contribution in [1.29, 1.82) is 0 Å². The number of carbonyl (C=O) groups is 1. The number of fused-ring (bicyclic) bond motifs is 1. The number of benzene rings is 1. The van der Waals surface area contributed by atoms with Crippen LogP contribution in [0.25, 0.3) is 10.2 Å². The Kier molecular flexibility index (Phi) is 4.65. The lowest BCUT2D eigenvalue weighted by molar-refractivity contribution is 0.0477. The van der Waals surface area contributed by atoms with Gasteiger partial charge in [0, 0.05) is 0 Å². The average Bonchev–Trinajstić information content (AvgIpc) is 3.34. The van der Waals surface area contributed by atoms with E-state index in [0.29, 0.717) is 9.84 Å². The van der Waals surface area contributed by atoms with E-state index in [2.05, 4.69) is 15.2 Å². The van der Waals surface area contributed by atoms with Crippen molar-refractivity contribution in [3.05, 3.63) is 78.2 Å². The van der Waals surface area contributed by atoms with E-state index in [9.17, 15) is 14.4 Å². The van der Waals surface area contributed by atoms with Crippen LogP contribution in [0.5, 0.6) is 0 Å². The van der Waals surface area contributed by atoms with Crippen LogP contribution in [0.1, 0.15) is 20.2 Å². The maximum Gasteiger partial charge on any atom is 0.348 e. The average molecular weight is 400 g/mol. The number of ether oxygens (including phenoxy) is 1. The number of aromatic amines is 1. The number of aromatic nitrogens is 4. The molecule has 0 saturated heterocycles. The summed E-state index contributed by atoms with van der Waals surface area (Å²) in [5.41, 5.74) is 1.41. The zero-order valence-corrected chi connectivity index (χ0v) is 15.4. The molecule has 0 aliphatic heterocycles. The summed E-state index contributed by atoms with van der Waals surface area (Å²) in [6.45, 7) is 0.157. The predicted octanol–water partition coefficient (Wildman–Crippen LogP) is 2.01. The van der Waals surface area contributed by atoms with Gasteiger partial charge < -0.3 is 4.74 Å². The molecule has 1 aromatic carbocycles. The van der Waals surface area contributed by atoms with Crippen LogP contribution < -0.4 is 11.2 Å². The van der Waals surface area contributed by atoms with Crippen LogP contribution in [0.2, 0.25) is 0 Å². The molecule has 1 N–H and O–H groups in total. The number of hydrogen-bond donors (Lipinski definition) is 1. The fourth-order valence-corrected chi connectivity index (χ4v) is 3.88. The highest BCUT2D eigenvalue weighted by molar-refractivity contribution is 7.20. The van der Waals surface area contributed by atoms with E-state index in [-0.39, 0.29) is 23.4 Å². The van der Waals surface area contributed by atoms with Crippen molar-refractivity contribution in [3.63, 3.8) is 0 Å². The molecule has 0 aliphatic rings. The summed E-state index contributed by atoms with van der Waals surface area (Å²) in [5.74, 6) is -0.582. The molecule has 10 heteroatoms. The molecule has 0 atom stereocenters. The Labute approximate surface area is 159 Å². The van der Waals surface area contributed by atoms with Gasteiger partial charge in [-0.3, -0.25) is 14.3 Å². The number of carbonyl (C=O) groups excluding carboxylic acids is 1. The summed E-state index contributed by atoms with van der Waals surface area (Å²) in [6, 6.07) is 10.6. The van der Waals surface area contributed by atoms with Crippen LogP contribution in [-0.2, 0) is 17.9 Å². The molecule has 27 heavy (non-hydrogen) atoms. The molecule has 0 aliphatic carbocycles. The van der Waals surface area contributed by atoms with Gasteiger partial charge in [-0.05, 0) is 11.6 Å². The van der Waals surface area contributed by atoms with Gasteiger partial charge in [-0.25, -0.2) is 9.59 Å². The van der Waals surface area contributed by atoms with Crippen molar-refractivity contribution in [2.24, 2.45) is 0 Å². The lowest BCUT2D eigenvalue weighted by Gasteiger charge is -2.04. The summed E-state index contributed by atoms with van der Waals surface area (Å²) in [6.07, 6.45) is 0. The second kappa shape index (κ2) is 7.25. The molecule has 0 spiro atoms. The van der Waals surface area contributed by atoms with Crippen molar-refractivity contribution in [2.45, 2.75) is 13.2 Å². The first-order valence-electron chi connectivity index (χ1n) is 7.84. The Bertz CT molecular complexity index is 1210. The number of H-pyrrole nitrogens is 1. The molecule has 0 unspecified atom stereocenters. The smallest absolute Gasteiger partial charge is 0.348 e. The summed E-state index contributed by atoms with van der Waals surface area (Å²) in [7, 11) is 0. The Morgan fingerprint density at radius 3 is 2.78 bits per heavy atom. The normalized spacial score (nSPS) is 11.0. The molecule has 0 amide bonds. The van der Waals surface area contributed by atoms with Crippen LogP contribution in [0.3, 0.4) is 0 Å². The molecular weight excluding hydrogens is 388 g/mol. The second-order valence-corrected chi connectivity index (χ2v) is 7.54. The van der Waals surface area contributed by atoms with E-state index in [1.807, 2.05) is 30.3 Å². The van der Waals surface area contributed by atoms with Gasteiger partial charge in [-0.2, -0.15) is 0 Å². The third-order valence-electron chi connectivity index (χ3n) is 3.79. The van der Waals surface area contributed by atoms with E-state index >= 15 is 0 Å². The topological polar surface area (TPSA) is 107 Å². The minimum absolute atomic E-state index is 0.00645. The lowest BCUT2D eigenvalue weighted by atomic mass is 10.2. The standard InChI is InChI=1S/C17H12N4O4S2/c22-15-11-6-12(16(23)25-8-13-20-18-9-26-13)27-14(11)19-17(24)21(15)7-10-4-2-1-3-5-10/h1-6,9H,7-8H2,(H,19,24). The third kappa shape index (κ3) is 3.57. The maximum absolute atomic E-state index is 12.7. The van der Waals surface area contributed by atoms with Gasteiger partial charge >= 0.3 is 11.7 Å². The molecule has 4 aromatic rings. The van der Waals surface area contributed by atoms with Gasteiger partial charge in [-0.15, -0.1) is 32.9 Å². The van der Waals surface area contributed by atoms with E-state index in [1.165, 1.54) is 17.4 Å². The predicted molar refractivity (Wildman–Crippen MR) is 101 cm³/mol. The third-order valence-corrected chi connectivity index (χ3v) is 5.49. The largest absolute Gasteiger partial charge is 0.454 e. The molecular formula is C17H12N4O4S2. The van der Waals surface area contributed by atoms with Gasteiger partial charge in [0.05, 0.1) is 11.9 Å². The van der Waals surface area contributed by atoms with Gasteiger partial charge in [-0.1, -0.05) is 30.3 Å². The number of hydrogen-bond acceptors (Lipinski definition) is 8. The molecule has 3 aromatic heterocycles. The molecule has 4 rings (SSSR count). The highest BCUT2D eigenvalue weighted by Gasteiger charge is 2.17. The first-order valence-corrected chi connectivity index (χ1v) is 9.54. The van der Waals surface area contributed by atoms with Crippen molar-refractivity contribution < 1.29 is 9.53 Å². The van der Waals surface area contributed by atoms with Crippen molar-refractivity contribution in [1.82, 2.24) is 19.7 Å². The fraction of sp³-hybridized carbons (Fsp3) is 0.118. The minimum Gasteiger partial charge on any atom is -0.454 e. The van der Waals surface area contributed by atoms with Crippen LogP contribution in [0.15, 0.2) is 51.5 Å². The Hall–Kier alpha value is -3.11. The van der Waals surface area contributed by atoms with Crippen LogP contribution >= 0.6 is 22.7 Å². The summed E-state index contributed by atoms with van der Waals surface area (Å²) >= 11 is 2.29.